The minimum absolute atomic E-state index is 0.0190. The molecule has 0 saturated heterocycles. The molecule has 1 amide bonds. The summed E-state index contributed by atoms with van der Waals surface area (Å²) in [6, 6.07) is 8.91. The van der Waals surface area contributed by atoms with Crippen molar-refractivity contribution in [1.29, 1.82) is 0 Å². The third-order valence-electron chi connectivity index (χ3n) is 4.24. The molecule has 0 radical (unpaired) electrons. The Hall–Kier alpha value is -3.31. The zero-order valence-electron chi connectivity index (χ0n) is 15.7. The van der Waals surface area contributed by atoms with Crippen LogP contribution >= 0.6 is 11.3 Å². The Balaban J connectivity index is 1.90. The van der Waals surface area contributed by atoms with E-state index in [1.165, 1.54) is 10.6 Å². The third kappa shape index (κ3) is 3.70. The number of carbonyl (C=O) groups excluding carboxylic acids is 1. The van der Waals surface area contributed by atoms with Crippen molar-refractivity contribution in [1.82, 2.24) is 14.5 Å². The van der Waals surface area contributed by atoms with Crippen molar-refractivity contribution in [3.63, 3.8) is 0 Å². The fourth-order valence-corrected chi connectivity index (χ4v) is 3.77. The summed E-state index contributed by atoms with van der Waals surface area (Å²) in [6.45, 7) is 1.98. The molecule has 0 aliphatic heterocycles. The van der Waals surface area contributed by atoms with Gasteiger partial charge in [0.15, 0.2) is 0 Å². The van der Waals surface area contributed by atoms with Gasteiger partial charge in [-0.25, -0.2) is 9.36 Å². The van der Waals surface area contributed by atoms with Gasteiger partial charge in [-0.3, -0.25) is 14.2 Å². The minimum Gasteiger partial charge on any atom is -0.497 e. The van der Waals surface area contributed by atoms with E-state index in [0.29, 0.717) is 27.4 Å². The van der Waals surface area contributed by atoms with E-state index in [1.54, 1.807) is 21.1 Å². The zero-order chi connectivity index (χ0) is 20.3. The quantitative estimate of drug-likeness (QED) is 0.665. The van der Waals surface area contributed by atoms with Crippen LogP contribution in [0.2, 0.25) is 0 Å². The van der Waals surface area contributed by atoms with Gasteiger partial charge in [0.1, 0.15) is 10.6 Å². The van der Waals surface area contributed by atoms with Gasteiger partial charge in [-0.1, -0.05) is 18.1 Å². The highest BCUT2D eigenvalue weighted by atomic mass is 32.1. The Morgan fingerprint density at radius 2 is 2.07 bits per heavy atom. The van der Waals surface area contributed by atoms with Gasteiger partial charge in [-0.05, 0) is 30.7 Å². The molecule has 1 N–H and O–H groups in total. The molecule has 0 atom stereocenters. The van der Waals surface area contributed by atoms with Gasteiger partial charge in [-0.2, -0.15) is 0 Å². The molecule has 3 aromatic rings. The van der Waals surface area contributed by atoms with Gasteiger partial charge in [0.05, 0.1) is 23.9 Å². The first-order valence-electron chi connectivity index (χ1n) is 8.50. The van der Waals surface area contributed by atoms with Crippen molar-refractivity contribution in [3.8, 4) is 17.6 Å². The van der Waals surface area contributed by atoms with Crippen LogP contribution < -0.4 is 21.3 Å². The number of methoxy groups -OCH3 is 1. The van der Waals surface area contributed by atoms with Crippen LogP contribution in [0.15, 0.2) is 39.9 Å². The molecule has 0 saturated carbocycles. The normalized spacial score (nSPS) is 10.4. The molecular weight excluding hydrogens is 378 g/mol. The molecule has 0 bridgehead atoms. The number of carbonyl (C=O) groups is 1. The molecular formula is C20H19N3O4S. The van der Waals surface area contributed by atoms with Crippen molar-refractivity contribution >= 4 is 27.5 Å². The monoisotopic (exact) mass is 397 g/mol. The highest BCUT2D eigenvalue weighted by Crippen LogP contribution is 2.22. The lowest BCUT2D eigenvalue weighted by Gasteiger charge is -2.05. The fraction of sp³-hybridized carbons (Fsp3) is 0.250. The van der Waals surface area contributed by atoms with Crippen LogP contribution in [0, 0.1) is 11.8 Å². The van der Waals surface area contributed by atoms with Crippen molar-refractivity contribution in [2.24, 2.45) is 7.05 Å². The maximum Gasteiger partial charge on any atom is 0.332 e. The SMILES string of the molecule is CC#CCn1c(=O)c2cc(C(=O)NCc3cccc(OC)c3)sc2n(C)c1=O. The average molecular weight is 397 g/mol. The lowest BCUT2D eigenvalue weighted by Crippen LogP contribution is -2.38. The summed E-state index contributed by atoms with van der Waals surface area (Å²) in [5.74, 6) is 5.80. The van der Waals surface area contributed by atoms with Crippen LogP contribution in [0.25, 0.3) is 10.2 Å². The third-order valence-corrected chi connectivity index (χ3v) is 5.45. The number of hydrogen-bond donors (Lipinski definition) is 1. The van der Waals surface area contributed by atoms with Crippen molar-refractivity contribution in [2.45, 2.75) is 20.0 Å². The molecule has 2 aromatic heterocycles. The van der Waals surface area contributed by atoms with E-state index in [1.807, 2.05) is 24.3 Å². The molecule has 0 spiro atoms. The van der Waals surface area contributed by atoms with Gasteiger partial charge in [0.25, 0.3) is 11.5 Å². The summed E-state index contributed by atoms with van der Waals surface area (Å²) in [5, 5.41) is 3.16. The van der Waals surface area contributed by atoms with E-state index < -0.39 is 11.2 Å². The van der Waals surface area contributed by atoms with E-state index in [9.17, 15) is 14.4 Å². The van der Waals surface area contributed by atoms with Gasteiger partial charge < -0.3 is 10.1 Å². The first kappa shape index (κ1) is 19.5. The van der Waals surface area contributed by atoms with E-state index in [0.717, 1.165) is 21.5 Å². The number of thiophene rings is 1. The summed E-state index contributed by atoms with van der Waals surface area (Å²) >= 11 is 1.11. The number of ether oxygens (including phenoxy) is 1. The molecule has 7 nitrogen and oxygen atoms in total. The van der Waals surface area contributed by atoms with Crippen LogP contribution in [0.4, 0.5) is 0 Å². The predicted octanol–water partition coefficient (Wildman–Crippen LogP) is 1.72. The number of benzene rings is 1. The molecule has 144 valence electrons. The highest BCUT2D eigenvalue weighted by molar-refractivity contribution is 7.20. The van der Waals surface area contributed by atoms with E-state index in [4.69, 9.17) is 4.74 Å². The Bertz CT molecular complexity index is 1220. The standard InChI is InChI=1S/C20H19N3O4S/c1-4-5-9-23-18(25)15-11-16(28-19(15)22(2)20(23)26)17(24)21-12-13-7-6-8-14(10-13)27-3/h6-8,10-11H,9,12H2,1-3H3,(H,21,24). The van der Waals surface area contributed by atoms with Gasteiger partial charge in [0, 0.05) is 13.6 Å². The van der Waals surface area contributed by atoms with Crippen LogP contribution in [0.3, 0.4) is 0 Å². The number of nitrogens with zero attached hydrogens (tertiary/aromatic N) is 2. The Morgan fingerprint density at radius 3 is 2.79 bits per heavy atom. The lowest BCUT2D eigenvalue weighted by atomic mass is 10.2. The molecule has 28 heavy (non-hydrogen) atoms. The van der Waals surface area contributed by atoms with Crippen molar-refractivity contribution in [2.75, 3.05) is 7.11 Å². The average Bonchev–Trinajstić information content (AvgIpc) is 3.16. The number of fused-ring (bicyclic) bond motifs is 1. The summed E-state index contributed by atoms with van der Waals surface area (Å²) in [4.78, 5) is 38.4. The summed E-state index contributed by atoms with van der Waals surface area (Å²) in [6.07, 6.45) is 0. The smallest absolute Gasteiger partial charge is 0.332 e. The maximum atomic E-state index is 12.6. The summed E-state index contributed by atoms with van der Waals surface area (Å²) in [5.41, 5.74) is -0.00362. The molecule has 0 aliphatic rings. The van der Waals surface area contributed by atoms with Crippen LogP contribution in [0.5, 0.6) is 5.75 Å². The van der Waals surface area contributed by atoms with E-state index >= 15 is 0 Å². The van der Waals surface area contributed by atoms with E-state index in [-0.39, 0.29) is 12.5 Å². The van der Waals surface area contributed by atoms with Crippen molar-refractivity contribution < 1.29 is 9.53 Å². The van der Waals surface area contributed by atoms with Gasteiger partial charge in [0.2, 0.25) is 0 Å². The Labute approximate surface area is 165 Å². The predicted molar refractivity (Wildman–Crippen MR) is 109 cm³/mol. The van der Waals surface area contributed by atoms with Gasteiger partial charge >= 0.3 is 5.69 Å². The number of aryl methyl sites for hydroxylation is 1. The topological polar surface area (TPSA) is 82.3 Å². The number of rotatable bonds is 5. The molecule has 2 heterocycles. The first-order chi connectivity index (χ1) is 13.5. The van der Waals surface area contributed by atoms with Gasteiger partial charge in [-0.15, -0.1) is 17.3 Å². The highest BCUT2D eigenvalue weighted by Gasteiger charge is 2.17. The number of nitrogens with one attached hydrogen (secondary N) is 1. The molecule has 3 rings (SSSR count). The van der Waals surface area contributed by atoms with Crippen LogP contribution in [0.1, 0.15) is 22.2 Å². The lowest BCUT2D eigenvalue weighted by molar-refractivity contribution is 0.0955. The maximum absolute atomic E-state index is 12.6. The number of aromatic nitrogens is 2. The van der Waals surface area contributed by atoms with Crippen molar-refractivity contribution in [3.05, 3.63) is 61.6 Å². The fourth-order valence-electron chi connectivity index (χ4n) is 2.75. The van der Waals surface area contributed by atoms with Crippen LogP contribution in [-0.2, 0) is 20.1 Å². The minimum atomic E-state index is -0.453. The molecule has 8 heteroatoms. The molecule has 0 aliphatic carbocycles. The summed E-state index contributed by atoms with van der Waals surface area (Å²) < 4.78 is 7.62. The molecule has 1 aromatic carbocycles. The zero-order valence-corrected chi connectivity index (χ0v) is 16.6. The largest absolute Gasteiger partial charge is 0.497 e. The number of hydrogen-bond acceptors (Lipinski definition) is 5. The van der Waals surface area contributed by atoms with Crippen LogP contribution in [-0.4, -0.2) is 22.2 Å². The second kappa shape index (κ2) is 8.15. The summed E-state index contributed by atoms with van der Waals surface area (Å²) in [7, 11) is 3.16. The number of amides is 1. The second-order valence-corrected chi connectivity index (χ2v) is 7.05. The first-order valence-corrected chi connectivity index (χ1v) is 9.32. The Morgan fingerprint density at radius 1 is 1.29 bits per heavy atom. The second-order valence-electron chi connectivity index (χ2n) is 6.02. The molecule has 0 fully saturated rings. The molecule has 0 unspecified atom stereocenters. The van der Waals surface area contributed by atoms with E-state index in [2.05, 4.69) is 17.2 Å². The Kier molecular flexibility index (Phi) is 5.66.